The standard InChI is InChI=1S/C16H14BrClF2/c17-10-13(6-11-2-1-3-14(18)8-11)7-12-4-5-15(19)16(20)9-12/h1-5,8-9,13H,6-7,10H2. The maximum atomic E-state index is 13.2. The molecule has 0 fully saturated rings. The summed E-state index contributed by atoms with van der Waals surface area (Å²) >= 11 is 9.45. The molecule has 0 heterocycles. The van der Waals surface area contributed by atoms with E-state index >= 15 is 0 Å². The van der Waals surface area contributed by atoms with Gasteiger partial charge >= 0.3 is 0 Å². The van der Waals surface area contributed by atoms with Gasteiger partial charge in [0.1, 0.15) is 0 Å². The van der Waals surface area contributed by atoms with Crippen LogP contribution in [-0.2, 0) is 12.8 Å². The fourth-order valence-corrected chi connectivity index (χ4v) is 2.85. The zero-order chi connectivity index (χ0) is 14.5. The fraction of sp³-hybridized carbons (Fsp3) is 0.250. The Morgan fingerprint density at radius 2 is 1.65 bits per heavy atom. The maximum Gasteiger partial charge on any atom is 0.159 e. The van der Waals surface area contributed by atoms with E-state index in [0.717, 1.165) is 22.9 Å². The first-order valence-corrected chi connectivity index (χ1v) is 7.82. The van der Waals surface area contributed by atoms with E-state index in [4.69, 9.17) is 11.6 Å². The van der Waals surface area contributed by atoms with Gasteiger partial charge in [0.15, 0.2) is 11.6 Å². The first-order valence-electron chi connectivity index (χ1n) is 6.33. The molecule has 0 amide bonds. The molecule has 0 saturated carbocycles. The van der Waals surface area contributed by atoms with Gasteiger partial charge in [-0.2, -0.15) is 0 Å². The summed E-state index contributed by atoms with van der Waals surface area (Å²) in [5.41, 5.74) is 1.94. The highest BCUT2D eigenvalue weighted by atomic mass is 79.9. The van der Waals surface area contributed by atoms with Gasteiger partial charge in [-0.3, -0.25) is 0 Å². The van der Waals surface area contributed by atoms with Gasteiger partial charge < -0.3 is 0 Å². The van der Waals surface area contributed by atoms with Crippen molar-refractivity contribution in [3.8, 4) is 0 Å². The van der Waals surface area contributed by atoms with Crippen LogP contribution < -0.4 is 0 Å². The van der Waals surface area contributed by atoms with E-state index in [-0.39, 0.29) is 0 Å². The maximum absolute atomic E-state index is 13.2. The zero-order valence-corrected chi connectivity index (χ0v) is 13.1. The van der Waals surface area contributed by atoms with Crippen LogP contribution in [0.4, 0.5) is 8.78 Å². The van der Waals surface area contributed by atoms with Crippen molar-refractivity contribution in [1.29, 1.82) is 0 Å². The molecule has 0 N–H and O–H groups in total. The van der Waals surface area contributed by atoms with Crippen molar-refractivity contribution >= 4 is 27.5 Å². The summed E-state index contributed by atoms with van der Waals surface area (Å²) in [4.78, 5) is 0. The molecule has 20 heavy (non-hydrogen) atoms. The average molecular weight is 360 g/mol. The van der Waals surface area contributed by atoms with Gasteiger partial charge in [-0.05, 0) is 54.2 Å². The molecular weight excluding hydrogens is 346 g/mol. The second-order valence-corrected chi connectivity index (χ2v) is 5.89. The van der Waals surface area contributed by atoms with Gasteiger partial charge in [0.2, 0.25) is 0 Å². The molecule has 0 nitrogen and oxygen atoms in total. The Balaban J connectivity index is 2.07. The molecule has 2 aromatic carbocycles. The Kier molecular flexibility index (Phi) is 5.55. The van der Waals surface area contributed by atoms with E-state index in [9.17, 15) is 8.78 Å². The van der Waals surface area contributed by atoms with Crippen molar-refractivity contribution in [1.82, 2.24) is 0 Å². The third kappa shape index (κ3) is 4.29. The molecule has 4 heteroatoms. The second kappa shape index (κ2) is 7.19. The van der Waals surface area contributed by atoms with E-state index in [0.29, 0.717) is 17.4 Å². The largest absolute Gasteiger partial charge is 0.204 e. The summed E-state index contributed by atoms with van der Waals surface area (Å²) in [6.45, 7) is 0. The summed E-state index contributed by atoms with van der Waals surface area (Å²) in [7, 11) is 0. The Hall–Kier alpha value is -0.930. The average Bonchev–Trinajstić information content (AvgIpc) is 2.42. The van der Waals surface area contributed by atoms with E-state index in [1.807, 2.05) is 24.3 Å². The summed E-state index contributed by atoms with van der Waals surface area (Å²) in [5, 5.41) is 1.50. The van der Waals surface area contributed by atoms with Crippen molar-refractivity contribution in [2.24, 2.45) is 5.92 Å². The Bertz CT molecular complexity index is 586. The van der Waals surface area contributed by atoms with Gasteiger partial charge in [-0.1, -0.05) is 45.7 Å². The molecule has 1 unspecified atom stereocenters. The molecule has 2 rings (SSSR count). The monoisotopic (exact) mass is 358 g/mol. The summed E-state index contributed by atoms with van der Waals surface area (Å²) in [5.74, 6) is -1.30. The van der Waals surface area contributed by atoms with Crippen LogP contribution >= 0.6 is 27.5 Å². The van der Waals surface area contributed by atoms with Crippen LogP contribution in [0.15, 0.2) is 42.5 Å². The predicted molar refractivity (Wildman–Crippen MR) is 82.5 cm³/mol. The molecule has 0 radical (unpaired) electrons. The molecule has 0 aromatic heterocycles. The minimum absolute atomic E-state index is 0.304. The first kappa shape index (κ1) is 15.5. The molecule has 0 spiro atoms. The number of alkyl halides is 1. The number of hydrogen-bond acceptors (Lipinski definition) is 0. The number of hydrogen-bond donors (Lipinski definition) is 0. The van der Waals surface area contributed by atoms with Crippen molar-refractivity contribution in [3.63, 3.8) is 0 Å². The van der Waals surface area contributed by atoms with Gasteiger partial charge in [-0.15, -0.1) is 0 Å². The van der Waals surface area contributed by atoms with Crippen molar-refractivity contribution in [2.75, 3.05) is 5.33 Å². The lowest BCUT2D eigenvalue weighted by atomic mass is 9.94. The lowest BCUT2D eigenvalue weighted by Crippen LogP contribution is -2.10. The Morgan fingerprint density at radius 3 is 2.25 bits per heavy atom. The second-order valence-electron chi connectivity index (χ2n) is 4.81. The fourth-order valence-electron chi connectivity index (χ4n) is 2.18. The molecule has 0 bridgehead atoms. The Labute approximate surface area is 130 Å². The first-order chi connectivity index (χ1) is 9.58. The lowest BCUT2D eigenvalue weighted by Gasteiger charge is -2.14. The molecule has 0 aliphatic rings. The van der Waals surface area contributed by atoms with E-state index < -0.39 is 11.6 Å². The molecule has 106 valence electrons. The zero-order valence-electron chi connectivity index (χ0n) is 10.8. The van der Waals surface area contributed by atoms with Crippen molar-refractivity contribution in [3.05, 3.63) is 70.2 Å². The van der Waals surface area contributed by atoms with Crippen LogP contribution in [0.25, 0.3) is 0 Å². The van der Waals surface area contributed by atoms with Gasteiger partial charge in [-0.25, -0.2) is 8.78 Å². The van der Waals surface area contributed by atoms with Crippen LogP contribution in [0.2, 0.25) is 5.02 Å². The lowest BCUT2D eigenvalue weighted by molar-refractivity contribution is 0.504. The van der Waals surface area contributed by atoms with Crippen LogP contribution in [-0.4, -0.2) is 5.33 Å². The van der Waals surface area contributed by atoms with Crippen molar-refractivity contribution < 1.29 is 8.78 Å². The summed E-state index contributed by atoms with van der Waals surface area (Å²) in [6, 6.07) is 11.8. The minimum atomic E-state index is -0.806. The highest BCUT2D eigenvalue weighted by Crippen LogP contribution is 2.20. The quantitative estimate of drug-likeness (QED) is 0.626. The topological polar surface area (TPSA) is 0 Å². The van der Waals surface area contributed by atoms with Gasteiger partial charge in [0.25, 0.3) is 0 Å². The molecular formula is C16H14BrClF2. The SMILES string of the molecule is Fc1ccc(CC(CBr)Cc2cccc(Cl)c2)cc1F. The number of halogens is 4. The minimum Gasteiger partial charge on any atom is -0.204 e. The van der Waals surface area contributed by atoms with Crippen LogP contribution in [0.5, 0.6) is 0 Å². The smallest absolute Gasteiger partial charge is 0.159 e. The molecule has 0 saturated heterocycles. The van der Waals surface area contributed by atoms with E-state index in [2.05, 4.69) is 15.9 Å². The molecule has 1 atom stereocenters. The van der Waals surface area contributed by atoms with Gasteiger partial charge in [0.05, 0.1) is 0 Å². The highest BCUT2D eigenvalue weighted by Gasteiger charge is 2.11. The predicted octanol–water partition coefficient (Wildman–Crippen LogP) is 5.41. The van der Waals surface area contributed by atoms with E-state index in [1.54, 1.807) is 6.07 Å². The van der Waals surface area contributed by atoms with E-state index in [1.165, 1.54) is 12.1 Å². The van der Waals surface area contributed by atoms with Crippen molar-refractivity contribution in [2.45, 2.75) is 12.8 Å². The third-order valence-electron chi connectivity index (χ3n) is 3.14. The summed E-state index contributed by atoms with van der Waals surface area (Å²) < 4.78 is 26.1. The molecule has 2 aromatic rings. The number of rotatable bonds is 5. The molecule has 0 aliphatic carbocycles. The normalized spacial score (nSPS) is 12.4. The van der Waals surface area contributed by atoms with Gasteiger partial charge in [0, 0.05) is 10.4 Å². The number of benzene rings is 2. The third-order valence-corrected chi connectivity index (χ3v) is 4.29. The highest BCUT2D eigenvalue weighted by molar-refractivity contribution is 9.09. The summed E-state index contributed by atoms with van der Waals surface area (Å²) in [6.07, 6.45) is 1.53. The van der Waals surface area contributed by atoms with Crippen LogP contribution in [0.3, 0.4) is 0 Å². The molecule has 0 aliphatic heterocycles. The van der Waals surface area contributed by atoms with Crippen LogP contribution in [0, 0.1) is 17.6 Å². The Morgan fingerprint density at radius 1 is 0.950 bits per heavy atom. The van der Waals surface area contributed by atoms with Crippen LogP contribution in [0.1, 0.15) is 11.1 Å².